The Morgan fingerprint density at radius 2 is 1.02 bits per heavy atom. The Balaban J connectivity index is 1.31. The van der Waals surface area contributed by atoms with Gasteiger partial charge in [0.1, 0.15) is 0 Å². The van der Waals surface area contributed by atoms with Crippen molar-refractivity contribution in [3.63, 3.8) is 0 Å². The van der Waals surface area contributed by atoms with Gasteiger partial charge in [-0.3, -0.25) is 0 Å². The lowest BCUT2D eigenvalue weighted by molar-refractivity contribution is -0.200. The molecule has 4 nitrogen and oxygen atoms in total. The molecule has 0 heterocycles. The number of hydrogen-bond donors (Lipinski definition) is 2. The van der Waals surface area contributed by atoms with Crippen LogP contribution in [-0.4, -0.2) is 42.4 Å². The summed E-state index contributed by atoms with van der Waals surface area (Å²) in [7, 11) is 0. The molecule has 0 fully saturated rings. The van der Waals surface area contributed by atoms with Crippen molar-refractivity contribution in [2.45, 2.75) is 12.2 Å². The third-order valence-electron chi connectivity index (χ3n) is 9.46. The first-order chi connectivity index (χ1) is 23.7. The van der Waals surface area contributed by atoms with Gasteiger partial charge in [0.2, 0.25) is 0 Å². The summed E-state index contributed by atoms with van der Waals surface area (Å²) in [5.41, 5.74) is 6.50. The summed E-state index contributed by atoms with van der Waals surface area (Å²) in [6, 6.07) is 49.5. The van der Waals surface area contributed by atoms with Gasteiger partial charge in [-0.15, -0.1) is 0 Å². The standard InChI is InChI=1S/C44H36O4/c45-22-24-47-44(48-25-23-46)21-20-39-29-37(35-15-13-31-7-2-4-9-33(31)27-35)17-19-41(39)43(44)42-11-5-10-38-28-36(16-18-40(38)42)34-14-12-30-6-1-3-8-32(30)26-34/h1-20,26-29,45-46H,21-25H2. The van der Waals surface area contributed by atoms with E-state index in [1.165, 1.54) is 27.1 Å². The van der Waals surface area contributed by atoms with Crippen LogP contribution in [0.4, 0.5) is 0 Å². The van der Waals surface area contributed by atoms with Crippen molar-refractivity contribution in [3.05, 3.63) is 156 Å². The highest BCUT2D eigenvalue weighted by Crippen LogP contribution is 2.39. The molecule has 7 aromatic carbocycles. The second kappa shape index (κ2) is 12.8. The quantitative estimate of drug-likeness (QED) is 0.162. The molecule has 7 aromatic rings. The van der Waals surface area contributed by atoms with E-state index in [4.69, 9.17) is 9.47 Å². The monoisotopic (exact) mass is 628 g/mol. The molecule has 1 aliphatic rings. The highest BCUT2D eigenvalue weighted by atomic mass is 16.7. The number of hydrogen-bond acceptors (Lipinski definition) is 4. The molecule has 0 saturated heterocycles. The van der Waals surface area contributed by atoms with E-state index < -0.39 is 5.79 Å². The van der Waals surface area contributed by atoms with Crippen LogP contribution in [0.15, 0.2) is 140 Å². The predicted molar refractivity (Wildman–Crippen MR) is 196 cm³/mol. The van der Waals surface area contributed by atoms with Crippen LogP contribution < -0.4 is 10.4 Å². The van der Waals surface area contributed by atoms with Gasteiger partial charge in [-0.2, -0.15) is 0 Å². The summed E-state index contributed by atoms with van der Waals surface area (Å²) in [6.45, 7) is -0.0832. The second-order valence-corrected chi connectivity index (χ2v) is 12.3. The van der Waals surface area contributed by atoms with Gasteiger partial charge in [-0.25, -0.2) is 0 Å². The number of ether oxygens (including phenoxy) is 2. The van der Waals surface area contributed by atoms with Crippen LogP contribution >= 0.6 is 0 Å². The molecule has 0 spiro atoms. The molecule has 0 radical (unpaired) electrons. The number of benzene rings is 7. The van der Waals surface area contributed by atoms with Crippen LogP contribution in [0, 0.1) is 0 Å². The topological polar surface area (TPSA) is 58.9 Å². The summed E-state index contributed by atoms with van der Waals surface area (Å²) < 4.78 is 12.9. The molecule has 236 valence electrons. The molecule has 0 atom stereocenters. The fourth-order valence-electron chi connectivity index (χ4n) is 7.18. The van der Waals surface area contributed by atoms with Gasteiger partial charge in [0.15, 0.2) is 5.79 Å². The minimum Gasteiger partial charge on any atom is -0.394 e. The van der Waals surface area contributed by atoms with E-state index >= 15 is 0 Å². The zero-order valence-electron chi connectivity index (χ0n) is 26.6. The molecule has 4 heteroatoms. The predicted octanol–water partition coefficient (Wildman–Crippen LogP) is 7.58. The van der Waals surface area contributed by atoms with E-state index in [2.05, 4.69) is 146 Å². The van der Waals surface area contributed by atoms with Crippen molar-refractivity contribution in [3.8, 4) is 22.3 Å². The van der Waals surface area contributed by atoms with E-state index in [0.29, 0.717) is 6.42 Å². The van der Waals surface area contributed by atoms with Gasteiger partial charge < -0.3 is 19.7 Å². The van der Waals surface area contributed by atoms with Crippen LogP contribution in [0.1, 0.15) is 12.0 Å². The SMILES string of the molecule is OCCOC1(OCCO)CC=c2cc(-c3ccc4ccccc4c3)ccc2=C1c1cccc2cc(-c3ccc4ccccc4c3)ccc12. The fourth-order valence-corrected chi connectivity index (χ4v) is 7.18. The van der Waals surface area contributed by atoms with E-state index in [1.54, 1.807) is 0 Å². The van der Waals surface area contributed by atoms with Crippen LogP contribution in [0.3, 0.4) is 0 Å². The summed E-state index contributed by atoms with van der Waals surface area (Å²) in [4.78, 5) is 0. The molecule has 2 N–H and O–H groups in total. The van der Waals surface area contributed by atoms with Gasteiger partial charge in [-0.05, 0) is 94.8 Å². The van der Waals surface area contributed by atoms with Crippen molar-refractivity contribution in [2.75, 3.05) is 26.4 Å². The zero-order chi connectivity index (χ0) is 32.5. The van der Waals surface area contributed by atoms with Gasteiger partial charge in [0.25, 0.3) is 0 Å². The van der Waals surface area contributed by atoms with Crippen LogP contribution in [0.2, 0.25) is 0 Å². The molecule has 8 rings (SSSR count). The average Bonchev–Trinajstić information content (AvgIpc) is 3.15. The van der Waals surface area contributed by atoms with Crippen molar-refractivity contribution in [1.29, 1.82) is 0 Å². The Hall–Kier alpha value is -5.10. The third-order valence-corrected chi connectivity index (χ3v) is 9.46. The summed E-state index contributed by atoms with van der Waals surface area (Å²) in [5, 5.41) is 28.8. The maximum atomic E-state index is 9.85. The molecule has 1 aliphatic carbocycles. The Morgan fingerprint density at radius 3 is 1.65 bits per heavy atom. The zero-order valence-corrected chi connectivity index (χ0v) is 26.6. The number of fused-ring (bicyclic) bond motifs is 4. The molecule has 0 saturated carbocycles. The largest absolute Gasteiger partial charge is 0.394 e. The maximum absolute atomic E-state index is 9.85. The first-order valence-corrected chi connectivity index (χ1v) is 16.5. The van der Waals surface area contributed by atoms with Gasteiger partial charge >= 0.3 is 0 Å². The molecular formula is C44H36O4. The molecule has 0 aliphatic heterocycles. The van der Waals surface area contributed by atoms with E-state index in [9.17, 15) is 10.2 Å². The van der Waals surface area contributed by atoms with Crippen LogP contribution in [0.25, 0.3) is 66.2 Å². The molecule has 0 amide bonds. The van der Waals surface area contributed by atoms with E-state index in [1.807, 2.05) is 0 Å². The van der Waals surface area contributed by atoms with Crippen LogP contribution in [0.5, 0.6) is 0 Å². The maximum Gasteiger partial charge on any atom is 0.199 e. The molecular weight excluding hydrogens is 592 g/mol. The Morgan fingerprint density at radius 1 is 0.500 bits per heavy atom. The van der Waals surface area contributed by atoms with Gasteiger partial charge in [-0.1, -0.05) is 121 Å². The Kier molecular flexibility index (Phi) is 8.09. The first-order valence-electron chi connectivity index (χ1n) is 16.5. The summed E-state index contributed by atoms with van der Waals surface area (Å²) in [6.07, 6.45) is 2.59. The molecule has 0 aromatic heterocycles. The lowest BCUT2D eigenvalue weighted by atomic mass is 9.84. The van der Waals surface area contributed by atoms with Crippen molar-refractivity contribution in [1.82, 2.24) is 0 Å². The van der Waals surface area contributed by atoms with E-state index in [-0.39, 0.29) is 26.4 Å². The molecule has 0 unspecified atom stereocenters. The minimum atomic E-state index is -1.19. The Bertz CT molecular complexity index is 2420. The van der Waals surface area contributed by atoms with Gasteiger partial charge in [0, 0.05) is 12.0 Å². The van der Waals surface area contributed by atoms with E-state index in [0.717, 1.165) is 49.0 Å². The lowest BCUT2D eigenvalue weighted by Crippen LogP contribution is -2.48. The highest BCUT2D eigenvalue weighted by Gasteiger charge is 2.39. The average molecular weight is 629 g/mol. The van der Waals surface area contributed by atoms with Gasteiger partial charge in [0.05, 0.1) is 26.4 Å². The number of aliphatic hydroxyl groups excluding tert-OH is 2. The Labute approximate surface area is 279 Å². The first kappa shape index (κ1) is 30.2. The van der Waals surface area contributed by atoms with Crippen molar-refractivity contribution >= 4 is 44.0 Å². The third kappa shape index (κ3) is 5.49. The number of rotatable bonds is 9. The normalized spacial score (nSPS) is 13.9. The molecule has 48 heavy (non-hydrogen) atoms. The highest BCUT2D eigenvalue weighted by molar-refractivity contribution is 5.98. The summed E-state index contributed by atoms with van der Waals surface area (Å²) in [5.74, 6) is -1.19. The van der Waals surface area contributed by atoms with Crippen LogP contribution in [-0.2, 0) is 9.47 Å². The second-order valence-electron chi connectivity index (χ2n) is 12.3. The fraction of sp³-hybridized carbons (Fsp3) is 0.136. The summed E-state index contributed by atoms with van der Waals surface area (Å²) >= 11 is 0. The van der Waals surface area contributed by atoms with Crippen molar-refractivity contribution < 1.29 is 19.7 Å². The molecule has 0 bridgehead atoms. The minimum absolute atomic E-state index is 0.101. The number of aliphatic hydroxyl groups is 2. The smallest absolute Gasteiger partial charge is 0.199 e. The van der Waals surface area contributed by atoms with Crippen molar-refractivity contribution in [2.24, 2.45) is 0 Å². The lowest BCUT2D eigenvalue weighted by Gasteiger charge is -2.37.